The van der Waals surface area contributed by atoms with Gasteiger partial charge < -0.3 is 9.77 Å². The number of nitrogens with zero attached hydrogens (tertiary/aromatic N) is 2. The minimum absolute atomic E-state index is 0.792. The first kappa shape index (κ1) is 14.8. The molecule has 24 heavy (non-hydrogen) atoms. The summed E-state index contributed by atoms with van der Waals surface area (Å²) in [7, 11) is 0. The molecule has 0 atom stereocenters. The van der Waals surface area contributed by atoms with Crippen LogP contribution in [0.5, 0.6) is 0 Å². The molecule has 1 heterocycles. The molecule has 0 saturated heterocycles. The summed E-state index contributed by atoms with van der Waals surface area (Å²) in [6.45, 7) is 2.11. The molecule has 120 valence electrons. The normalized spacial score (nSPS) is 15.5. The van der Waals surface area contributed by atoms with E-state index in [1.807, 2.05) is 6.07 Å². The summed E-state index contributed by atoms with van der Waals surface area (Å²) in [6.07, 6.45) is 2.83. The molecular weight excluding hydrogens is 296 g/mol. The highest BCUT2D eigenvalue weighted by Crippen LogP contribution is 2.34. The zero-order valence-corrected chi connectivity index (χ0v) is 13.7. The van der Waals surface area contributed by atoms with Gasteiger partial charge >= 0.3 is 0 Å². The number of hydrogen-bond acceptors (Lipinski definition) is 2. The van der Waals surface area contributed by atoms with Crippen molar-refractivity contribution >= 4 is 5.71 Å². The van der Waals surface area contributed by atoms with Crippen molar-refractivity contribution in [2.24, 2.45) is 5.16 Å². The Kier molecular flexibility index (Phi) is 3.69. The molecule has 3 nitrogen and oxygen atoms in total. The van der Waals surface area contributed by atoms with Gasteiger partial charge in [0.1, 0.15) is 0 Å². The van der Waals surface area contributed by atoms with E-state index in [-0.39, 0.29) is 0 Å². The number of fused-ring (bicyclic) bond motifs is 1. The van der Waals surface area contributed by atoms with Crippen LogP contribution >= 0.6 is 0 Å². The van der Waals surface area contributed by atoms with E-state index < -0.39 is 0 Å². The lowest BCUT2D eigenvalue weighted by molar-refractivity contribution is 0.317. The zero-order chi connectivity index (χ0) is 16.5. The van der Waals surface area contributed by atoms with Crippen LogP contribution in [0.4, 0.5) is 0 Å². The van der Waals surface area contributed by atoms with E-state index in [0.717, 1.165) is 41.9 Å². The molecule has 1 aliphatic carbocycles. The van der Waals surface area contributed by atoms with Gasteiger partial charge in [0, 0.05) is 16.9 Å². The van der Waals surface area contributed by atoms with Crippen LogP contribution in [-0.2, 0) is 6.42 Å². The van der Waals surface area contributed by atoms with Gasteiger partial charge in [0.15, 0.2) is 0 Å². The lowest BCUT2D eigenvalue weighted by Crippen LogP contribution is -2.13. The third-order valence-electron chi connectivity index (χ3n) is 4.69. The van der Waals surface area contributed by atoms with Crippen LogP contribution < -0.4 is 0 Å². The van der Waals surface area contributed by atoms with Crippen LogP contribution in [0.3, 0.4) is 0 Å². The van der Waals surface area contributed by atoms with Crippen molar-refractivity contribution in [3.8, 4) is 16.9 Å². The van der Waals surface area contributed by atoms with Crippen LogP contribution in [-0.4, -0.2) is 15.5 Å². The molecule has 0 amide bonds. The summed E-state index contributed by atoms with van der Waals surface area (Å²) in [5, 5.41) is 13.0. The third kappa shape index (κ3) is 2.42. The molecule has 1 aliphatic rings. The maximum Gasteiger partial charge on any atom is 0.0886 e. The van der Waals surface area contributed by atoms with Crippen molar-refractivity contribution in [1.82, 2.24) is 4.57 Å². The van der Waals surface area contributed by atoms with E-state index >= 15 is 0 Å². The molecule has 4 rings (SSSR count). The molecular formula is C21H20N2O. The number of oxime groups is 1. The molecule has 0 saturated carbocycles. The molecule has 0 radical (unpaired) electrons. The summed E-state index contributed by atoms with van der Waals surface area (Å²) in [4.78, 5) is 0. The molecule has 0 spiro atoms. The summed E-state index contributed by atoms with van der Waals surface area (Å²) in [6, 6.07) is 21.1. The van der Waals surface area contributed by atoms with Gasteiger partial charge in [-0.1, -0.05) is 47.6 Å². The quantitative estimate of drug-likeness (QED) is 0.526. The third-order valence-corrected chi connectivity index (χ3v) is 4.69. The molecule has 0 unspecified atom stereocenters. The van der Waals surface area contributed by atoms with Crippen LogP contribution in [0.1, 0.15) is 29.7 Å². The van der Waals surface area contributed by atoms with Crippen molar-refractivity contribution < 1.29 is 5.21 Å². The average Bonchev–Trinajstić information content (AvgIpc) is 3.02. The fourth-order valence-corrected chi connectivity index (χ4v) is 3.59. The van der Waals surface area contributed by atoms with Crippen LogP contribution in [0.15, 0.2) is 65.8 Å². The molecule has 3 heteroatoms. The van der Waals surface area contributed by atoms with E-state index in [2.05, 4.69) is 71.2 Å². The van der Waals surface area contributed by atoms with Gasteiger partial charge in [-0.2, -0.15) is 0 Å². The van der Waals surface area contributed by atoms with Gasteiger partial charge in [0.2, 0.25) is 0 Å². The monoisotopic (exact) mass is 316 g/mol. The Labute approximate surface area is 141 Å². The Morgan fingerprint density at radius 2 is 1.79 bits per heavy atom. The fraction of sp³-hybridized carbons (Fsp3) is 0.190. The second-order valence-electron chi connectivity index (χ2n) is 6.33. The van der Waals surface area contributed by atoms with Crippen LogP contribution in [0.25, 0.3) is 16.9 Å². The average molecular weight is 316 g/mol. The van der Waals surface area contributed by atoms with Gasteiger partial charge in [-0.15, -0.1) is 0 Å². The predicted octanol–water partition coefficient (Wildman–Crippen LogP) is 4.97. The van der Waals surface area contributed by atoms with Crippen molar-refractivity contribution in [3.05, 3.63) is 77.5 Å². The summed E-state index contributed by atoms with van der Waals surface area (Å²) in [5.74, 6) is 0. The van der Waals surface area contributed by atoms with E-state index in [4.69, 9.17) is 0 Å². The van der Waals surface area contributed by atoms with Gasteiger partial charge in [0.05, 0.1) is 11.4 Å². The Morgan fingerprint density at radius 3 is 2.54 bits per heavy atom. The minimum Gasteiger partial charge on any atom is -0.411 e. The minimum atomic E-state index is 0.792. The van der Waals surface area contributed by atoms with Crippen molar-refractivity contribution in [1.29, 1.82) is 0 Å². The Morgan fingerprint density at radius 1 is 0.958 bits per heavy atom. The summed E-state index contributed by atoms with van der Waals surface area (Å²) >= 11 is 0. The smallest absolute Gasteiger partial charge is 0.0886 e. The summed E-state index contributed by atoms with van der Waals surface area (Å²) < 4.78 is 2.32. The molecule has 0 aliphatic heterocycles. The van der Waals surface area contributed by atoms with E-state index in [1.54, 1.807) is 0 Å². The van der Waals surface area contributed by atoms with Crippen molar-refractivity contribution in [3.63, 3.8) is 0 Å². The Balaban J connectivity index is 2.01. The lowest BCUT2D eigenvalue weighted by Gasteiger charge is -2.18. The van der Waals surface area contributed by atoms with Gasteiger partial charge in [-0.05, 0) is 55.5 Å². The maximum absolute atomic E-state index is 9.40. The maximum atomic E-state index is 9.40. The van der Waals surface area contributed by atoms with E-state index in [9.17, 15) is 5.21 Å². The SMILES string of the molecule is Cc1cccc(-n2c(-c3ccccc3)cc3c2CCC/C3=N/O)c1. The van der Waals surface area contributed by atoms with Crippen molar-refractivity contribution in [2.75, 3.05) is 0 Å². The highest BCUT2D eigenvalue weighted by molar-refractivity contribution is 6.03. The van der Waals surface area contributed by atoms with E-state index in [0.29, 0.717) is 0 Å². The Hall–Kier alpha value is -2.81. The van der Waals surface area contributed by atoms with Crippen LogP contribution in [0, 0.1) is 6.92 Å². The first-order valence-electron chi connectivity index (χ1n) is 8.36. The Bertz CT molecular complexity index is 907. The topological polar surface area (TPSA) is 37.5 Å². The first-order valence-corrected chi connectivity index (χ1v) is 8.36. The number of aryl methyl sites for hydroxylation is 1. The number of rotatable bonds is 2. The van der Waals surface area contributed by atoms with Crippen molar-refractivity contribution in [2.45, 2.75) is 26.2 Å². The fourth-order valence-electron chi connectivity index (χ4n) is 3.59. The molecule has 1 aromatic heterocycles. The molecule has 0 bridgehead atoms. The second-order valence-corrected chi connectivity index (χ2v) is 6.33. The predicted molar refractivity (Wildman–Crippen MR) is 97.2 cm³/mol. The second kappa shape index (κ2) is 6.00. The number of aromatic nitrogens is 1. The molecule has 1 N–H and O–H groups in total. The van der Waals surface area contributed by atoms with Crippen LogP contribution in [0.2, 0.25) is 0 Å². The van der Waals surface area contributed by atoms with Gasteiger partial charge in [-0.25, -0.2) is 0 Å². The highest BCUT2D eigenvalue weighted by Gasteiger charge is 2.24. The number of benzene rings is 2. The standard InChI is InChI=1S/C21H20N2O/c1-15-7-5-10-17(13-15)23-20-12-6-11-19(22-24)18(20)14-21(23)16-8-3-2-4-9-16/h2-5,7-10,13-14,24H,6,11-12H2,1H3/b22-19-. The molecule has 3 aromatic rings. The number of hydrogen-bond donors (Lipinski definition) is 1. The molecule has 0 fully saturated rings. The van der Waals surface area contributed by atoms with Gasteiger partial charge in [0.25, 0.3) is 0 Å². The van der Waals surface area contributed by atoms with E-state index in [1.165, 1.54) is 16.8 Å². The highest BCUT2D eigenvalue weighted by atomic mass is 16.4. The first-order chi connectivity index (χ1) is 11.8. The lowest BCUT2D eigenvalue weighted by atomic mass is 9.95. The largest absolute Gasteiger partial charge is 0.411 e. The summed E-state index contributed by atoms with van der Waals surface area (Å²) in [5.41, 5.74) is 7.82. The molecule has 2 aromatic carbocycles. The zero-order valence-electron chi connectivity index (χ0n) is 13.7. The van der Waals surface area contributed by atoms with Gasteiger partial charge in [-0.3, -0.25) is 0 Å².